The third kappa shape index (κ3) is 2.57. The van der Waals surface area contributed by atoms with Crippen LogP contribution in [0.1, 0.15) is 0 Å². The molecule has 3 rings (SSSR count). The van der Waals surface area contributed by atoms with Gasteiger partial charge in [0, 0.05) is 11.1 Å². The molecule has 0 aromatic heterocycles. The number of fused-ring (bicyclic) bond motifs is 1. The van der Waals surface area contributed by atoms with Crippen LogP contribution in [0.15, 0.2) is 35.2 Å². The molecule has 1 heterocycles. The van der Waals surface area contributed by atoms with Crippen molar-refractivity contribution >= 4 is 40.9 Å². The van der Waals surface area contributed by atoms with Crippen molar-refractivity contribution in [3.05, 3.63) is 46.2 Å². The van der Waals surface area contributed by atoms with Crippen molar-refractivity contribution < 1.29 is 19.0 Å². The second-order valence-electron chi connectivity index (χ2n) is 4.28. The van der Waals surface area contributed by atoms with Crippen molar-refractivity contribution in [2.75, 3.05) is 0 Å². The van der Waals surface area contributed by atoms with Crippen molar-refractivity contribution in [2.45, 2.75) is 10.3 Å². The van der Waals surface area contributed by atoms with Gasteiger partial charge in [0.05, 0.1) is 14.9 Å². The van der Waals surface area contributed by atoms with Crippen LogP contribution in [0.5, 0.6) is 5.75 Å². The minimum Gasteiger partial charge on any atom is -0.478 e. The number of rotatable bonds is 2. The number of hydrogen-bond acceptors (Lipinski definition) is 3. The number of benzene rings is 2. The standard InChI is InChI=1S/C14H7Cl2FO3S/c15-8-2-1-3-9(16)11(8)7-4-6(17)5-10-12(7)20-14(21-10)13(18)19/h1-5,14H,(H,18,19). The quantitative estimate of drug-likeness (QED) is 0.857. The Morgan fingerprint density at radius 2 is 1.95 bits per heavy atom. The molecule has 1 aliphatic rings. The van der Waals surface area contributed by atoms with Crippen LogP contribution in [0.2, 0.25) is 10.0 Å². The lowest BCUT2D eigenvalue weighted by atomic mass is 10.0. The van der Waals surface area contributed by atoms with Crippen LogP contribution in [0.25, 0.3) is 11.1 Å². The minimum absolute atomic E-state index is 0.281. The number of thioether (sulfide) groups is 1. The summed E-state index contributed by atoms with van der Waals surface area (Å²) in [5, 5.41) is 9.71. The number of carboxylic acid groups (broad SMARTS) is 1. The molecule has 0 aliphatic carbocycles. The average Bonchev–Trinajstić information content (AvgIpc) is 2.82. The van der Waals surface area contributed by atoms with Gasteiger partial charge in [-0.05, 0) is 24.3 Å². The van der Waals surface area contributed by atoms with Crippen LogP contribution >= 0.6 is 35.0 Å². The van der Waals surface area contributed by atoms with Crippen molar-refractivity contribution in [1.29, 1.82) is 0 Å². The van der Waals surface area contributed by atoms with Gasteiger partial charge in [0.25, 0.3) is 0 Å². The summed E-state index contributed by atoms with van der Waals surface area (Å²) in [6.45, 7) is 0. The van der Waals surface area contributed by atoms with Gasteiger partial charge < -0.3 is 9.84 Å². The summed E-state index contributed by atoms with van der Waals surface area (Å²) in [7, 11) is 0. The summed E-state index contributed by atoms with van der Waals surface area (Å²) in [5.41, 5.74) is -0.345. The van der Waals surface area contributed by atoms with E-state index in [0.717, 1.165) is 11.8 Å². The van der Waals surface area contributed by atoms with E-state index in [1.165, 1.54) is 12.1 Å². The Morgan fingerprint density at radius 1 is 1.29 bits per heavy atom. The number of halogens is 3. The maximum absolute atomic E-state index is 13.8. The van der Waals surface area contributed by atoms with E-state index in [1.807, 2.05) is 0 Å². The predicted octanol–water partition coefficient (Wildman–Crippen LogP) is 4.69. The van der Waals surface area contributed by atoms with E-state index in [-0.39, 0.29) is 5.75 Å². The first kappa shape index (κ1) is 14.5. The zero-order valence-corrected chi connectivity index (χ0v) is 12.6. The highest BCUT2D eigenvalue weighted by Gasteiger charge is 2.33. The van der Waals surface area contributed by atoms with Crippen molar-refractivity contribution in [1.82, 2.24) is 0 Å². The molecule has 0 saturated carbocycles. The van der Waals surface area contributed by atoms with E-state index < -0.39 is 17.2 Å². The third-order valence-electron chi connectivity index (χ3n) is 2.91. The molecule has 2 aromatic carbocycles. The molecule has 0 amide bonds. The number of hydrogen-bond donors (Lipinski definition) is 1. The van der Waals surface area contributed by atoms with Gasteiger partial charge in [-0.25, -0.2) is 9.18 Å². The molecule has 2 aromatic rings. The average molecular weight is 345 g/mol. The van der Waals surface area contributed by atoms with Gasteiger partial charge in [0.1, 0.15) is 11.6 Å². The first-order valence-corrected chi connectivity index (χ1v) is 7.45. The number of carboxylic acids is 1. The maximum Gasteiger partial charge on any atom is 0.356 e. The van der Waals surface area contributed by atoms with Crippen LogP contribution in [0, 0.1) is 5.82 Å². The minimum atomic E-state index is -1.13. The smallest absolute Gasteiger partial charge is 0.356 e. The molecular weight excluding hydrogens is 338 g/mol. The van der Waals surface area contributed by atoms with Gasteiger partial charge in [-0.1, -0.05) is 41.0 Å². The largest absolute Gasteiger partial charge is 0.478 e. The predicted molar refractivity (Wildman–Crippen MR) is 79.8 cm³/mol. The van der Waals surface area contributed by atoms with Gasteiger partial charge >= 0.3 is 5.97 Å². The first-order valence-electron chi connectivity index (χ1n) is 5.81. The summed E-state index contributed by atoms with van der Waals surface area (Å²) in [6, 6.07) is 7.38. The van der Waals surface area contributed by atoms with Crippen molar-refractivity contribution in [3.63, 3.8) is 0 Å². The summed E-state index contributed by atoms with van der Waals surface area (Å²) in [5.74, 6) is -1.36. The van der Waals surface area contributed by atoms with Crippen LogP contribution in [-0.4, -0.2) is 16.5 Å². The molecule has 1 N–H and O–H groups in total. The molecule has 21 heavy (non-hydrogen) atoms. The van der Waals surface area contributed by atoms with Crippen LogP contribution in [-0.2, 0) is 4.79 Å². The molecule has 1 atom stereocenters. The van der Waals surface area contributed by atoms with Gasteiger partial charge in [-0.2, -0.15) is 0 Å². The van der Waals surface area contributed by atoms with Gasteiger partial charge in [0.2, 0.25) is 5.44 Å². The second-order valence-corrected chi connectivity index (χ2v) is 6.20. The van der Waals surface area contributed by atoms with E-state index in [0.29, 0.717) is 26.1 Å². The third-order valence-corrected chi connectivity index (χ3v) is 4.61. The van der Waals surface area contributed by atoms with Gasteiger partial charge in [0.15, 0.2) is 0 Å². The Morgan fingerprint density at radius 3 is 2.57 bits per heavy atom. The monoisotopic (exact) mass is 344 g/mol. The second kappa shape index (κ2) is 5.40. The normalized spacial score (nSPS) is 16.4. The lowest BCUT2D eigenvalue weighted by Crippen LogP contribution is -2.19. The number of carbonyl (C=O) groups is 1. The molecule has 0 spiro atoms. The summed E-state index contributed by atoms with van der Waals surface area (Å²) in [4.78, 5) is 11.5. The topological polar surface area (TPSA) is 46.5 Å². The Balaban J connectivity index is 2.20. The highest BCUT2D eigenvalue weighted by atomic mass is 35.5. The zero-order valence-electron chi connectivity index (χ0n) is 10.3. The van der Waals surface area contributed by atoms with E-state index >= 15 is 0 Å². The molecule has 7 heteroatoms. The van der Waals surface area contributed by atoms with Crippen molar-refractivity contribution in [3.8, 4) is 16.9 Å². The summed E-state index contributed by atoms with van der Waals surface area (Å²) >= 11 is 13.2. The Kier molecular flexibility index (Phi) is 3.73. The molecule has 1 unspecified atom stereocenters. The molecular formula is C14H7Cl2FO3S. The van der Waals surface area contributed by atoms with E-state index in [9.17, 15) is 9.18 Å². The fraction of sp³-hybridized carbons (Fsp3) is 0.0714. The van der Waals surface area contributed by atoms with E-state index in [1.54, 1.807) is 18.2 Å². The number of aliphatic carboxylic acids is 1. The highest BCUT2D eigenvalue weighted by molar-refractivity contribution is 8.00. The molecule has 0 fully saturated rings. The molecule has 108 valence electrons. The fourth-order valence-electron chi connectivity index (χ4n) is 2.07. The Bertz CT molecular complexity index is 731. The van der Waals surface area contributed by atoms with E-state index in [4.69, 9.17) is 33.0 Å². The van der Waals surface area contributed by atoms with Crippen LogP contribution in [0.3, 0.4) is 0 Å². The van der Waals surface area contributed by atoms with Gasteiger partial charge in [-0.3, -0.25) is 0 Å². The van der Waals surface area contributed by atoms with E-state index in [2.05, 4.69) is 0 Å². The van der Waals surface area contributed by atoms with Crippen molar-refractivity contribution in [2.24, 2.45) is 0 Å². The lowest BCUT2D eigenvalue weighted by molar-refractivity contribution is -0.140. The summed E-state index contributed by atoms with van der Waals surface area (Å²) < 4.78 is 19.2. The molecule has 0 saturated heterocycles. The molecule has 0 bridgehead atoms. The first-order chi connectivity index (χ1) is 9.97. The number of ether oxygens (including phenoxy) is 1. The highest BCUT2D eigenvalue weighted by Crippen LogP contribution is 2.49. The lowest BCUT2D eigenvalue weighted by Gasteiger charge is -2.12. The SMILES string of the molecule is O=C(O)C1Oc2c(cc(F)cc2-c2c(Cl)cccc2Cl)S1. The molecule has 3 nitrogen and oxygen atoms in total. The van der Waals surface area contributed by atoms with Crippen LogP contribution < -0.4 is 4.74 Å². The Labute approximate surface area is 133 Å². The molecule has 1 aliphatic heterocycles. The van der Waals surface area contributed by atoms with Crippen LogP contribution in [0.4, 0.5) is 4.39 Å². The Hall–Kier alpha value is -1.43. The van der Waals surface area contributed by atoms with Gasteiger partial charge in [-0.15, -0.1) is 0 Å². The molecule has 0 radical (unpaired) electrons. The fourth-order valence-corrected chi connectivity index (χ4v) is 3.59. The summed E-state index contributed by atoms with van der Waals surface area (Å²) in [6.07, 6.45) is 0. The maximum atomic E-state index is 13.8. The zero-order chi connectivity index (χ0) is 15.1.